The van der Waals surface area contributed by atoms with E-state index in [4.69, 9.17) is 0 Å². The van der Waals surface area contributed by atoms with Gasteiger partial charge in [0.25, 0.3) is 0 Å². The van der Waals surface area contributed by atoms with E-state index in [1.54, 1.807) is 0 Å². The Morgan fingerprint density at radius 2 is 2.50 bits per heavy atom. The van der Waals surface area contributed by atoms with Gasteiger partial charge in [0.05, 0.1) is 12.4 Å². The van der Waals surface area contributed by atoms with Crippen molar-refractivity contribution in [3.05, 3.63) is 22.4 Å². The van der Waals surface area contributed by atoms with Gasteiger partial charge >= 0.3 is 0 Å². The molecular formula is C7H8O2S. The van der Waals surface area contributed by atoms with E-state index in [2.05, 4.69) is 0 Å². The molecule has 1 atom stereocenters. The summed E-state index contributed by atoms with van der Waals surface area (Å²) >= 11 is 0. The van der Waals surface area contributed by atoms with E-state index in [0.29, 0.717) is 0 Å². The zero-order valence-electron chi connectivity index (χ0n) is 5.66. The molecule has 0 aliphatic carbocycles. The summed E-state index contributed by atoms with van der Waals surface area (Å²) in [7, 11) is 0.0285. The van der Waals surface area contributed by atoms with Crippen LogP contribution in [0.15, 0.2) is 17.5 Å². The smallest absolute Gasteiger partial charge is 0.155 e. The fraction of sp³-hybridized carbons (Fsp3) is 0.286. The van der Waals surface area contributed by atoms with Crippen LogP contribution in [0.5, 0.6) is 0 Å². The molecular weight excluding hydrogens is 148 g/mol. The number of carboxylic acid groups (broad SMARTS) is 1. The predicted molar refractivity (Wildman–Crippen MR) is 38.6 cm³/mol. The number of rotatable bonds is 2. The molecule has 0 spiro atoms. The minimum Gasteiger partial charge on any atom is -0.550 e. The molecule has 2 nitrogen and oxygen atoms in total. The fourth-order valence-corrected chi connectivity index (χ4v) is 1.90. The monoisotopic (exact) mass is 156 g/mol. The number of aliphatic carboxylic acids is 1. The number of hydrogen-bond donors (Lipinski definition) is 0. The highest BCUT2D eigenvalue weighted by molar-refractivity contribution is 7.28. The van der Waals surface area contributed by atoms with Crippen LogP contribution in [-0.2, 0) is 17.5 Å². The van der Waals surface area contributed by atoms with Gasteiger partial charge in [-0.2, -0.15) is 0 Å². The summed E-state index contributed by atoms with van der Waals surface area (Å²) in [4.78, 5) is 11.1. The lowest BCUT2D eigenvalue weighted by atomic mass is 10.3. The van der Waals surface area contributed by atoms with E-state index < -0.39 is 5.97 Å². The molecule has 0 aliphatic rings. The first-order chi connectivity index (χ1) is 4.70. The van der Waals surface area contributed by atoms with Crippen LogP contribution in [-0.4, -0.2) is 5.97 Å². The van der Waals surface area contributed by atoms with Crippen molar-refractivity contribution in [3.8, 4) is 0 Å². The standard InChI is InChI=1S/C7H8O2S/c1-10-4-2-3-6(10)5-7(8)9/h2-4H,5H2,1H3. The Labute approximate surface area is 62.1 Å². The Balaban J connectivity index is 2.74. The molecule has 0 bridgehead atoms. The van der Waals surface area contributed by atoms with Crippen LogP contribution in [0.25, 0.3) is 0 Å². The Kier molecular flexibility index (Phi) is 2.06. The van der Waals surface area contributed by atoms with Crippen LogP contribution >= 0.6 is 10.5 Å². The summed E-state index contributed by atoms with van der Waals surface area (Å²) in [5.74, 6) is -0.991. The maximum atomic E-state index is 10.1. The molecule has 0 saturated heterocycles. The van der Waals surface area contributed by atoms with Crippen LogP contribution < -0.4 is 5.11 Å². The number of thiophene rings is 1. The molecule has 3 heteroatoms. The van der Waals surface area contributed by atoms with Crippen molar-refractivity contribution in [3.63, 3.8) is 0 Å². The van der Waals surface area contributed by atoms with Gasteiger partial charge in [0.2, 0.25) is 0 Å². The summed E-state index contributed by atoms with van der Waals surface area (Å²) in [6.07, 6.45) is 2.07. The minimum atomic E-state index is -0.991. The molecule has 1 aromatic heterocycles. The second kappa shape index (κ2) is 2.84. The lowest BCUT2D eigenvalue weighted by molar-refractivity contribution is -0.304. The Hall–Kier alpha value is -0.830. The van der Waals surface area contributed by atoms with E-state index in [-0.39, 0.29) is 16.9 Å². The lowest BCUT2D eigenvalue weighted by Crippen LogP contribution is -2.24. The minimum absolute atomic E-state index is 0.0285. The summed E-state index contributed by atoms with van der Waals surface area (Å²) in [5.41, 5.74) is 0. The van der Waals surface area contributed by atoms with E-state index >= 15 is 0 Å². The van der Waals surface area contributed by atoms with Crippen molar-refractivity contribution in [2.75, 3.05) is 0 Å². The Morgan fingerprint density at radius 1 is 1.80 bits per heavy atom. The van der Waals surface area contributed by atoms with Crippen molar-refractivity contribution in [2.45, 2.75) is 6.42 Å². The number of carbonyl (C=O) groups excluding carboxylic acids is 1. The number of carbonyl (C=O) groups is 1. The first-order valence-corrected chi connectivity index (χ1v) is 4.61. The van der Waals surface area contributed by atoms with E-state index in [1.807, 2.05) is 23.8 Å². The molecule has 1 unspecified atom stereocenters. The quantitative estimate of drug-likeness (QED) is 0.576. The maximum Gasteiger partial charge on any atom is 0.155 e. The van der Waals surface area contributed by atoms with E-state index in [0.717, 1.165) is 4.88 Å². The number of aryl methyl sites for hydroxylation is 1. The van der Waals surface area contributed by atoms with Gasteiger partial charge in [-0.25, -0.2) is 0 Å². The molecule has 0 aromatic carbocycles. The van der Waals surface area contributed by atoms with Crippen molar-refractivity contribution < 1.29 is 9.90 Å². The van der Waals surface area contributed by atoms with Crippen LogP contribution in [0.4, 0.5) is 0 Å². The SMILES string of the molecule is C[s+]1cccc1CC(=O)[O-]. The third kappa shape index (κ3) is 1.57. The van der Waals surface area contributed by atoms with E-state index in [1.165, 1.54) is 0 Å². The predicted octanol–water partition coefficient (Wildman–Crippen LogP) is 0.265. The van der Waals surface area contributed by atoms with Gasteiger partial charge in [-0.05, 0) is 22.6 Å². The third-order valence-corrected chi connectivity index (χ3v) is 2.97. The first kappa shape index (κ1) is 7.28. The van der Waals surface area contributed by atoms with Gasteiger partial charge in [-0.15, -0.1) is 0 Å². The van der Waals surface area contributed by atoms with E-state index in [9.17, 15) is 9.90 Å². The third-order valence-electron chi connectivity index (χ3n) is 1.30. The first-order valence-electron chi connectivity index (χ1n) is 2.92. The topological polar surface area (TPSA) is 40.1 Å². The lowest BCUT2D eigenvalue weighted by Gasteiger charge is -1.93. The Morgan fingerprint density at radius 3 is 2.90 bits per heavy atom. The summed E-state index contributed by atoms with van der Waals surface area (Å²) in [6, 6.07) is 3.74. The molecule has 0 N–H and O–H groups in total. The summed E-state index contributed by atoms with van der Waals surface area (Å²) in [5, 5.41) is 12.1. The van der Waals surface area contributed by atoms with Crippen molar-refractivity contribution in [2.24, 2.45) is 6.26 Å². The van der Waals surface area contributed by atoms with Crippen LogP contribution in [0.2, 0.25) is 0 Å². The summed E-state index contributed by atoms with van der Waals surface area (Å²) in [6.45, 7) is 0. The van der Waals surface area contributed by atoms with Gasteiger partial charge < -0.3 is 9.90 Å². The highest BCUT2D eigenvalue weighted by Crippen LogP contribution is 2.20. The van der Waals surface area contributed by atoms with Crippen LogP contribution in [0.3, 0.4) is 0 Å². The molecule has 0 amide bonds. The van der Waals surface area contributed by atoms with Crippen LogP contribution in [0.1, 0.15) is 4.88 Å². The van der Waals surface area contributed by atoms with Crippen molar-refractivity contribution in [1.29, 1.82) is 0 Å². The zero-order chi connectivity index (χ0) is 7.56. The maximum absolute atomic E-state index is 10.1. The van der Waals surface area contributed by atoms with Gasteiger partial charge in [-0.1, -0.05) is 0 Å². The molecule has 0 radical (unpaired) electrons. The largest absolute Gasteiger partial charge is 0.550 e. The number of hydrogen-bond acceptors (Lipinski definition) is 2. The molecule has 54 valence electrons. The second-order valence-corrected chi connectivity index (χ2v) is 3.98. The summed E-state index contributed by atoms with van der Waals surface area (Å²) < 4.78 is 0. The number of carboxylic acids is 1. The van der Waals surface area contributed by atoms with Crippen LogP contribution in [0, 0.1) is 0 Å². The van der Waals surface area contributed by atoms with Gasteiger partial charge in [-0.3, -0.25) is 0 Å². The van der Waals surface area contributed by atoms with Gasteiger partial charge in [0, 0.05) is 0 Å². The van der Waals surface area contributed by atoms with Gasteiger partial charge in [0.15, 0.2) is 4.88 Å². The highest BCUT2D eigenvalue weighted by Gasteiger charge is 2.06. The average Bonchev–Trinajstić information content (AvgIpc) is 2.15. The zero-order valence-corrected chi connectivity index (χ0v) is 6.48. The second-order valence-electron chi connectivity index (χ2n) is 2.07. The average molecular weight is 156 g/mol. The molecule has 10 heavy (non-hydrogen) atoms. The van der Waals surface area contributed by atoms with Crippen molar-refractivity contribution >= 4 is 16.4 Å². The van der Waals surface area contributed by atoms with Crippen molar-refractivity contribution in [1.82, 2.24) is 0 Å². The fourth-order valence-electron chi connectivity index (χ4n) is 0.774. The van der Waals surface area contributed by atoms with Gasteiger partial charge in [0.1, 0.15) is 11.6 Å². The molecule has 0 fully saturated rings. The molecule has 0 aliphatic heterocycles. The Bertz CT molecular complexity index is 240. The normalized spacial score (nSPS) is 11.5. The highest BCUT2D eigenvalue weighted by atomic mass is 32.2. The molecule has 1 aromatic rings. The molecule has 1 rings (SSSR count). The molecule has 0 saturated carbocycles. The molecule has 1 heterocycles.